The van der Waals surface area contributed by atoms with E-state index in [0.29, 0.717) is 31.0 Å². The zero-order valence-corrected chi connectivity index (χ0v) is 15.5. The molecule has 0 aromatic heterocycles. The van der Waals surface area contributed by atoms with Crippen molar-refractivity contribution in [3.05, 3.63) is 29.8 Å². The predicted molar refractivity (Wildman–Crippen MR) is 99.9 cm³/mol. The number of anilines is 1. The predicted octanol–water partition coefficient (Wildman–Crippen LogP) is 2.19. The maximum absolute atomic E-state index is 12.6. The summed E-state index contributed by atoms with van der Waals surface area (Å²) in [4.78, 5) is 39.7. The Morgan fingerprint density at radius 2 is 1.92 bits per heavy atom. The standard InChI is InChI=1S/C20H27N3O3/c1-3-5-16-12-22(14(2)24)13-18(16)21-20(26)15-7-9-17(10-8-15)23-11-4-6-19(23)25/h7-10,16,18H,3-6,11-13H2,1-2H3,(H,21,26). The normalized spacial score (nSPS) is 22.8. The summed E-state index contributed by atoms with van der Waals surface area (Å²) in [7, 11) is 0. The van der Waals surface area contributed by atoms with Crippen LogP contribution in [0.5, 0.6) is 0 Å². The summed E-state index contributed by atoms with van der Waals surface area (Å²) in [5.41, 5.74) is 1.42. The molecule has 2 saturated heterocycles. The second-order valence-electron chi connectivity index (χ2n) is 7.25. The molecule has 2 heterocycles. The Morgan fingerprint density at radius 1 is 1.19 bits per heavy atom. The third-order valence-corrected chi connectivity index (χ3v) is 5.38. The minimum atomic E-state index is -0.124. The number of benzene rings is 1. The highest BCUT2D eigenvalue weighted by Gasteiger charge is 2.34. The average molecular weight is 357 g/mol. The molecule has 2 aliphatic rings. The lowest BCUT2D eigenvalue weighted by atomic mass is 9.98. The van der Waals surface area contributed by atoms with E-state index in [9.17, 15) is 14.4 Å². The van der Waals surface area contributed by atoms with Crippen molar-refractivity contribution < 1.29 is 14.4 Å². The van der Waals surface area contributed by atoms with Crippen molar-refractivity contribution in [1.29, 1.82) is 0 Å². The Bertz CT molecular complexity index is 686. The van der Waals surface area contributed by atoms with Gasteiger partial charge in [0.25, 0.3) is 5.91 Å². The molecule has 3 rings (SSSR count). The van der Waals surface area contributed by atoms with Gasteiger partial charge in [-0.2, -0.15) is 0 Å². The fourth-order valence-corrected chi connectivity index (χ4v) is 3.92. The minimum absolute atomic E-state index is 0.00816. The van der Waals surface area contributed by atoms with Crippen LogP contribution in [0.15, 0.2) is 24.3 Å². The fourth-order valence-electron chi connectivity index (χ4n) is 3.92. The van der Waals surface area contributed by atoms with Crippen molar-refractivity contribution in [2.24, 2.45) is 5.92 Å². The minimum Gasteiger partial charge on any atom is -0.347 e. The van der Waals surface area contributed by atoms with Gasteiger partial charge in [0, 0.05) is 44.2 Å². The first-order valence-corrected chi connectivity index (χ1v) is 9.46. The molecule has 0 bridgehead atoms. The second-order valence-corrected chi connectivity index (χ2v) is 7.25. The molecule has 0 saturated carbocycles. The van der Waals surface area contributed by atoms with Crippen LogP contribution in [0.25, 0.3) is 0 Å². The number of rotatable bonds is 5. The number of nitrogens with zero attached hydrogens (tertiary/aromatic N) is 2. The number of likely N-dealkylation sites (tertiary alicyclic amines) is 1. The van der Waals surface area contributed by atoms with Gasteiger partial charge in [0.15, 0.2) is 0 Å². The maximum atomic E-state index is 12.6. The summed E-state index contributed by atoms with van der Waals surface area (Å²) >= 11 is 0. The van der Waals surface area contributed by atoms with Crippen LogP contribution in [0.4, 0.5) is 5.69 Å². The van der Waals surface area contributed by atoms with E-state index in [1.54, 1.807) is 24.0 Å². The average Bonchev–Trinajstić information content (AvgIpc) is 3.22. The summed E-state index contributed by atoms with van der Waals surface area (Å²) < 4.78 is 0. The van der Waals surface area contributed by atoms with E-state index in [4.69, 9.17) is 0 Å². The van der Waals surface area contributed by atoms with E-state index in [1.165, 1.54) is 0 Å². The van der Waals surface area contributed by atoms with Gasteiger partial charge < -0.3 is 15.1 Å². The van der Waals surface area contributed by atoms with Gasteiger partial charge in [0.2, 0.25) is 11.8 Å². The Kier molecular flexibility index (Phi) is 5.59. The number of hydrogen-bond donors (Lipinski definition) is 1. The molecule has 3 amide bonds. The monoisotopic (exact) mass is 357 g/mol. The molecule has 2 unspecified atom stereocenters. The van der Waals surface area contributed by atoms with Gasteiger partial charge >= 0.3 is 0 Å². The molecule has 1 aromatic rings. The Labute approximate surface area is 154 Å². The van der Waals surface area contributed by atoms with E-state index in [2.05, 4.69) is 12.2 Å². The van der Waals surface area contributed by atoms with Gasteiger partial charge in [-0.15, -0.1) is 0 Å². The fraction of sp³-hybridized carbons (Fsp3) is 0.550. The number of hydrogen-bond acceptors (Lipinski definition) is 3. The van der Waals surface area contributed by atoms with Crippen LogP contribution in [0, 0.1) is 5.92 Å². The second kappa shape index (κ2) is 7.89. The number of amides is 3. The lowest BCUT2D eigenvalue weighted by molar-refractivity contribution is -0.128. The largest absolute Gasteiger partial charge is 0.347 e. The molecule has 6 nitrogen and oxygen atoms in total. The van der Waals surface area contributed by atoms with Crippen LogP contribution >= 0.6 is 0 Å². The molecule has 0 spiro atoms. The summed E-state index contributed by atoms with van der Waals surface area (Å²) in [6, 6.07) is 7.19. The molecule has 26 heavy (non-hydrogen) atoms. The number of nitrogens with one attached hydrogen (secondary N) is 1. The first-order valence-electron chi connectivity index (χ1n) is 9.46. The van der Waals surface area contributed by atoms with Crippen LogP contribution in [0.2, 0.25) is 0 Å². The molecule has 6 heteroatoms. The third-order valence-electron chi connectivity index (χ3n) is 5.38. The van der Waals surface area contributed by atoms with Crippen LogP contribution in [0.3, 0.4) is 0 Å². The molecule has 1 N–H and O–H groups in total. The van der Waals surface area contributed by atoms with Crippen LogP contribution in [0.1, 0.15) is 49.9 Å². The SMILES string of the molecule is CCCC1CN(C(C)=O)CC1NC(=O)c1ccc(N2CCCC2=O)cc1. The van der Waals surface area contributed by atoms with Crippen molar-refractivity contribution in [2.75, 3.05) is 24.5 Å². The summed E-state index contributed by atoms with van der Waals surface area (Å²) in [5.74, 6) is 0.373. The first-order chi connectivity index (χ1) is 12.5. The Morgan fingerprint density at radius 3 is 2.50 bits per heavy atom. The molecule has 2 fully saturated rings. The zero-order valence-electron chi connectivity index (χ0n) is 15.5. The summed E-state index contributed by atoms with van der Waals surface area (Å²) in [6.45, 7) is 5.72. The number of carbonyl (C=O) groups is 3. The van der Waals surface area contributed by atoms with Gasteiger partial charge in [-0.25, -0.2) is 0 Å². The van der Waals surface area contributed by atoms with E-state index >= 15 is 0 Å². The van der Waals surface area contributed by atoms with Crippen LogP contribution in [-0.4, -0.2) is 48.3 Å². The molecular weight excluding hydrogens is 330 g/mol. The zero-order chi connectivity index (χ0) is 18.7. The third kappa shape index (κ3) is 3.89. The smallest absolute Gasteiger partial charge is 0.251 e. The number of carbonyl (C=O) groups excluding carboxylic acids is 3. The summed E-state index contributed by atoms with van der Waals surface area (Å²) in [6.07, 6.45) is 3.50. The van der Waals surface area contributed by atoms with E-state index in [-0.39, 0.29) is 23.8 Å². The quantitative estimate of drug-likeness (QED) is 0.878. The highest BCUT2D eigenvalue weighted by atomic mass is 16.2. The lowest BCUT2D eigenvalue weighted by Crippen LogP contribution is -2.40. The molecule has 0 aliphatic carbocycles. The van der Waals surface area contributed by atoms with Gasteiger partial charge in [0.1, 0.15) is 0 Å². The molecule has 2 aliphatic heterocycles. The van der Waals surface area contributed by atoms with Crippen molar-refractivity contribution in [2.45, 2.75) is 45.6 Å². The highest BCUT2D eigenvalue weighted by molar-refractivity contribution is 5.97. The van der Waals surface area contributed by atoms with Crippen LogP contribution in [-0.2, 0) is 9.59 Å². The van der Waals surface area contributed by atoms with E-state index in [0.717, 1.165) is 31.5 Å². The van der Waals surface area contributed by atoms with Gasteiger partial charge in [-0.05, 0) is 43.0 Å². The summed E-state index contributed by atoms with van der Waals surface area (Å²) in [5, 5.41) is 3.10. The van der Waals surface area contributed by atoms with E-state index < -0.39 is 0 Å². The van der Waals surface area contributed by atoms with E-state index in [1.807, 2.05) is 17.0 Å². The first kappa shape index (κ1) is 18.4. The molecule has 1 aromatic carbocycles. The van der Waals surface area contributed by atoms with Crippen molar-refractivity contribution in [3.63, 3.8) is 0 Å². The van der Waals surface area contributed by atoms with Crippen molar-refractivity contribution in [3.8, 4) is 0 Å². The molecule has 140 valence electrons. The van der Waals surface area contributed by atoms with Gasteiger partial charge in [-0.3, -0.25) is 14.4 Å². The Hall–Kier alpha value is -2.37. The van der Waals surface area contributed by atoms with Crippen LogP contribution < -0.4 is 10.2 Å². The van der Waals surface area contributed by atoms with Crippen molar-refractivity contribution in [1.82, 2.24) is 10.2 Å². The Balaban J connectivity index is 1.65. The van der Waals surface area contributed by atoms with Gasteiger partial charge in [-0.1, -0.05) is 13.3 Å². The highest BCUT2D eigenvalue weighted by Crippen LogP contribution is 2.24. The molecular formula is C20H27N3O3. The maximum Gasteiger partial charge on any atom is 0.251 e. The van der Waals surface area contributed by atoms with Gasteiger partial charge in [0.05, 0.1) is 6.04 Å². The van der Waals surface area contributed by atoms with Crippen molar-refractivity contribution >= 4 is 23.4 Å². The molecule has 0 radical (unpaired) electrons. The lowest BCUT2D eigenvalue weighted by Gasteiger charge is -2.20. The topological polar surface area (TPSA) is 69.7 Å². The molecule has 2 atom stereocenters.